The molecule has 2 aliphatic carbocycles. The molecule has 0 aliphatic heterocycles. The highest BCUT2D eigenvalue weighted by Gasteiger charge is 2.37. The van der Waals surface area contributed by atoms with Crippen LogP contribution in [0, 0.1) is 0 Å². The lowest BCUT2D eigenvalue weighted by molar-refractivity contribution is 0.660. The monoisotopic (exact) mass is 819 g/mol. The molecule has 304 valence electrons. The number of nitrogens with zero attached hydrogens (tertiary/aromatic N) is 1. The first-order valence-electron chi connectivity index (χ1n) is 22.5. The molecular weight excluding hydrogens is 775 g/mol. The molecule has 0 unspecified atom stereocenters. The average molecular weight is 820 g/mol. The minimum Gasteiger partial charge on any atom is -0.455 e. The van der Waals surface area contributed by atoms with E-state index in [1.54, 1.807) is 0 Å². The van der Waals surface area contributed by atoms with Crippen LogP contribution in [-0.4, -0.2) is 0 Å². The predicted octanol–water partition coefficient (Wildman–Crippen LogP) is 17.3. The lowest BCUT2D eigenvalue weighted by Gasteiger charge is -2.30. The van der Waals surface area contributed by atoms with E-state index in [-0.39, 0.29) is 10.8 Å². The van der Waals surface area contributed by atoms with Crippen molar-refractivity contribution in [1.82, 2.24) is 0 Å². The molecule has 0 bridgehead atoms. The van der Waals surface area contributed by atoms with Crippen LogP contribution in [0.1, 0.15) is 49.9 Å². The predicted molar refractivity (Wildman–Crippen MR) is 269 cm³/mol. The quantitative estimate of drug-likeness (QED) is 0.172. The van der Waals surface area contributed by atoms with Gasteiger partial charge in [0.05, 0.1) is 0 Å². The van der Waals surface area contributed by atoms with Crippen LogP contribution in [0.5, 0.6) is 0 Å². The number of para-hydroxylation sites is 1. The third-order valence-electron chi connectivity index (χ3n) is 14.7. The van der Waals surface area contributed by atoms with Gasteiger partial charge in [0.1, 0.15) is 11.2 Å². The van der Waals surface area contributed by atoms with Gasteiger partial charge in [-0.25, -0.2) is 0 Å². The lowest BCUT2D eigenvalue weighted by Crippen LogP contribution is -2.18. The third-order valence-corrected chi connectivity index (χ3v) is 14.7. The van der Waals surface area contributed by atoms with E-state index in [0.29, 0.717) is 0 Å². The number of rotatable bonds is 5. The van der Waals surface area contributed by atoms with Gasteiger partial charge in [0.2, 0.25) is 0 Å². The maximum atomic E-state index is 6.93. The van der Waals surface area contributed by atoms with E-state index >= 15 is 0 Å². The Labute approximate surface area is 373 Å². The van der Waals surface area contributed by atoms with Crippen LogP contribution < -0.4 is 4.90 Å². The molecule has 0 spiro atoms. The van der Waals surface area contributed by atoms with E-state index in [4.69, 9.17) is 4.42 Å². The van der Waals surface area contributed by atoms with E-state index < -0.39 is 0 Å². The highest BCUT2D eigenvalue weighted by atomic mass is 16.3. The third kappa shape index (κ3) is 5.26. The van der Waals surface area contributed by atoms with Crippen molar-refractivity contribution in [3.63, 3.8) is 0 Å². The second kappa shape index (κ2) is 13.4. The molecule has 2 heteroatoms. The summed E-state index contributed by atoms with van der Waals surface area (Å²) in [6, 6.07) is 74.1. The molecule has 0 atom stereocenters. The van der Waals surface area contributed by atoms with Crippen LogP contribution >= 0.6 is 0 Å². The second-order valence-electron chi connectivity index (χ2n) is 18.9. The van der Waals surface area contributed by atoms with E-state index in [9.17, 15) is 0 Å². The van der Waals surface area contributed by atoms with E-state index in [1.807, 2.05) is 0 Å². The Morgan fingerprint density at radius 3 is 1.48 bits per heavy atom. The molecule has 0 saturated heterocycles. The van der Waals surface area contributed by atoms with Crippen molar-refractivity contribution in [3.8, 4) is 44.5 Å². The summed E-state index contributed by atoms with van der Waals surface area (Å²) in [5.74, 6) is 0. The van der Waals surface area contributed by atoms with Gasteiger partial charge in [0.15, 0.2) is 0 Å². The number of hydrogen-bond donors (Lipinski definition) is 0. The Hall–Kier alpha value is -7.68. The van der Waals surface area contributed by atoms with Crippen LogP contribution in [0.2, 0.25) is 0 Å². The molecule has 2 aliphatic rings. The van der Waals surface area contributed by atoms with Crippen molar-refractivity contribution >= 4 is 60.5 Å². The Bertz CT molecular complexity index is 3630. The molecule has 1 heterocycles. The van der Waals surface area contributed by atoms with Gasteiger partial charge >= 0.3 is 0 Å². The normalized spacial score (nSPS) is 14.2. The summed E-state index contributed by atoms with van der Waals surface area (Å²) in [4.78, 5) is 2.46. The lowest BCUT2D eigenvalue weighted by atomic mass is 9.82. The number of benzene rings is 10. The van der Waals surface area contributed by atoms with E-state index in [0.717, 1.165) is 61.1 Å². The molecule has 10 aromatic carbocycles. The summed E-state index contributed by atoms with van der Waals surface area (Å²) < 4.78 is 6.93. The molecule has 0 N–H and O–H groups in total. The summed E-state index contributed by atoms with van der Waals surface area (Å²) in [5, 5.41) is 6.99. The van der Waals surface area contributed by atoms with Crippen molar-refractivity contribution in [2.24, 2.45) is 0 Å². The van der Waals surface area contributed by atoms with Gasteiger partial charge in [-0.15, -0.1) is 0 Å². The molecule has 1 aromatic heterocycles. The fourth-order valence-electron chi connectivity index (χ4n) is 11.3. The second-order valence-corrected chi connectivity index (χ2v) is 18.9. The highest BCUT2D eigenvalue weighted by molar-refractivity contribution is 6.21. The molecule has 2 nitrogen and oxygen atoms in total. The molecule has 0 saturated carbocycles. The summed E-state index contributed by atoms with van der Waals surface area (Å²) in [6.07, 6.45) is 0. The minimum atomic E-state index is -0.119. The van der Waals surface area contributed by atoms with Crippen molar-refractivity contribution < 1.29 is 4.42 Å². The Kier molecular flexibility index (Phi) is 7.74. The zero-order valence-electron chi connectivity index (χ0n) is 36.4. The fraction of sp³-hybridized carbons (Fsp3) is 0.0968. The summed E-state index contributed by atoms with van der Waals surface area (Å²) in [7, 11) is 0. The molecule has 64 heavy (non-hydrogen) atoms. The van der Waals surface area contributed by atoms with Crippen LogP contribution in [0.4, 0.5) is 17.1 Å². The van der Waals surface area contributed by atoms with E-state index in [1.165, 1.54) is 66.2 Å². The molecule has 13 rings (SSSR count). The van der Waals surface area contributed by atoms with Crippen molar-refractivity contribution in [2.45, 2.75) is 38.5 Å². The highest BCUT2D eigenvalue weighted by Crippen LogP contribution is 2.53. The maximum absolute atomic E-state index is 6.93. The first kappa shape index (κ1) is 36.9. The Morgan fingerprint density at radius 2 is 0.812 bits per heavy atom. The van der Waals surface area contributed by atoms with Crippen molar-refractivity contribution in [3.05, 3.63) is 222 Å². The van der Waals surface area contributed by atoms with Crippen molar-refractivity contribution in [1.29, 1.82) is 0 Å². The van der Waals surface area contributed by atoms with Gasteiger partial charge in [-0.2, -0.15) is 0 Å². The molecule has 0 fully saturated rings. The first-order valence-corrected chi connectivity index (χ1v) is 22.5. The van der Waals surface area contributed by atoms with E-state index in [2.05, 4.69) is 233 Å². The van der Waals surface area contributed by atoms with Gasteiger partial charge in [-0.3, -0.25) is 0 Å². The number of furan rings is 1. The average Bonchev–Trinajstić information content (AvgIpc) is 3.91. The Morgan fingerprint density at radius 1 is 0.312 bits per heavy atom. The van der Waals surface area contributed by atoms with Gasteiger partial charge in [-0.1, -0.05) is 179 Å². The molecular formula is C62H45NO. The van der Waals surface area contributed by atoms with Crippen molar-refractivity contribution in [2.75, 3.05) is 4.90 Å². The van der Waals surface area contributed by atoms with Crippen LogP contribution in [0.15, 0.2) is 205 Å². The van der Waals surface area contributed by atoms with Gasteiger partial charge in [-0.05, 0) is 126 Å². The minimum absolute atomic E-state index is 0.119. The van der Waals surface area contributed by atoms with Crippen LogP contribution in [0.3, 0.4) is 0 Å². The Balaban J connectivity index is 0.961. The fourth-order valence-corrected chi connectivity index (χ4v) is 11.3. The smallest absolute Gasteiger partial charge is 0.143 e. The SMILES string of the molecule is CC1(C)c2ccccc2-c2ccc(N(c3ccc(-c4cc5c6cccc(-c7ccc8ccccc8c7)c6oc5c5ccccc45)cc3)c3ccc4c(c3)C(C)(C)c3ccccc3-4)cc21. The van der Waals surface area contributed by atoms with Gasteiger partial charge in [0.25, 0.3) is 0 Å². The van der Waals surface area contributed by atoms with Crippen LogP contribution in [0.25, 0.3) is 88.0 Å². The van der Waals surface area contributed by atoms with Gasteiger partial charge < -0.3 is 9.32 Å². The standard InChI is InChI=1S/C62H45NO/c1-61(2)55-22-11-9-17-47(55)49-32-30-43(35-57(49)61)63(44-31-33-50-48-18-10-12-23-56(48)62(3,4)58(50)36-44)42-28-26-39(27-29-42)53-37-54-52-21-13-20-45(41-25-24-38-14-5-6-15-40(38)34-41)59(52)64-60(54)51-19-8-7-16-46(51)53/h5-37H,1-4H3. The van der Waals surface area contributed by atoms with Crippen LogP contribution in [-0.2, 0) is 10.8 Å². The number of anilines is 3. The zero-order valence-corrected chi connectivity index (χ0v) is 36.4. The molecule has 0 amide bonds. The maximum Gasteiger partial charge on any atom is 0.143 e. The number of fused-ring (bicyclic) bond motifs is 12. The first-order chi connectivity index (χ1) is 31.2. The summed E-state index contributed by atoms with van der Waals surface area (Å²) >= 11 is 0. The largest absolute Gasteiger partial charge is 0.455 e. The molecule has 0 radical (unpaired) electrons. The molecule has 11 aromatic rings. The zero-order chi connectivity index (χ0) is 42.9. The summed E-state index contributed by atoms with van der Waals surface area (Å²) in [5.41, 5.74) is 20.4. The summed E-state index contributed by atoms with van der Waals surface area (Å²) in [6.45, 7) is 9.46. The van der Waals surface area contributed by atoms with Gasteiger partial charge in [0, 0.05) is 49.6 Å². The topological polar surface area (TPSA) is 16.4 Å². The number of hydrogen-bond acceptors (Lipinski definition) is 2.